The maximum absolute atomic E-state index is 12.2. The van der Waals surface area contributed by atoms with E-state index in [4.69, 9.17) is 5.11 Å². The molecule has 2 amide bonds. The Hall–Kier alpha value is -1.30. The van der Waals surface area contributed by atoms with Gasteiger partial charge in [0.15, 0.2) is 0 Å². The third-order valence-corrected chi connectivity index (χ3v) is 4.66. The summed E-state index contributed by atoms with van der Waals surface area (Å²) in [6, 6.07) is 0.665. The monoisotopic (exact) mass is 313 g/mol. The minimum Gasteiger partial charge on any atom is -0.480 e. The Morgan fingerprint density at radius 2 is 1.95 bits per heavy atom. The quantitative estimate of drug-likeness (QED) is 0.684. The first-order valence-corrected chi connectivity index (χ1v) is 8.38. The highest BCUT2D eigenvalue weighted by Gasteiger charge is 2.35. The normalized spacial score (nSPS) is 22.0. The molecule has 6 heteroatoms. The fraction of sp³-hybridized carbons (Fsp3) is 0.875. The van der Waals surface area contributed by atoms with Crippen LogP contribution in [-0.2, 0) is 4.79 Å². The van der Waals surface area contributed by atoms with E-state index in [9.17, 15) is 9.59 Å². The van der Waals surface area contributed by atoms with E-state index in [1.165, 1.54) is 0 Å². The third kappa shape index (κ3) is 5.48. The molecule has 128 valence electrons. The molecule has 0 radical (unpaired) electrons. The van der Waals surface area contributed by atoms with Gasteiger partial charge in [0.1, 0.15) is 0 Å². The molecule has 0 bridgehead atoms. The molecular weight excluding hydrogens is 282 g/mol. The van der Waals surface area contributed by atoms with E-state index in [1.807, 2.05) is 18.9 Å². The van der Waals surface area contributed by atoms with E-state index >= 15 is 0 Å². The second-order valence-corrected chi connectivity index (χ2v) is 6.33. The van der Waals surface area contributed by atoms with Gasteiger partial charge in [-0.15, -0.1) is 0 Å². The highest BCUT2D eigenvalue weighted by molar-refractivity contribution is 5.74. The molecule has 0 spiro atoms. The van der Waals surface area contributed by atoms with Gasteiger partial charge in [-0.3, -0.25) is 9.69 Å². The van der Waals surface area contributed by atoms with Gasteiger partial charge in [-0.05, 0) is 32.7 Å². The predicted octanol–water partition coefficient (Wildman–Crippen LogP) is 2.14. The molecular formula is C16H31N3O3. The summed E-state index contributed by atoms with van der Waals surface area (Å²) in [5.74, 6) is -0.793. The first-order valence-electron chi connectivity index (χ1n) is 8.38. The van der Waals surface area contributed by atoms with Gasteiger partial charge in [0.25, 0.3) is 0 Å². The molecule has 1 aliphatic rings. The predicted molar refractivity (Wildman–Crippen MR) is 87.0 cm³/mol. The number of hydrogen-bond acceptors (Lipinski definition) is 3. The maximum Gasteiger partial charge on any atom is 0.317 e. The van der Waals surface area contributed by atoms with Crippen molar-refractivity contribution >= 4 is 12.0 Å². The zero-order valence-corrected chi connectivity index (χ0v) is 14.3. The molecule has 0 aromatic rings. The van der Waals surface area contributed by atoms with E-state index in [0.717, 1.165) is 38.6 Å². The summed E-state index contributed by atoms with van der Waals surface area (Å²) in [6.07, 6.45) is 4.97. The number of likely N-dealkylation sites (N-methyl/N-ethyl adjacent to an activating group) is 1. The largest absolute Gasteiger partial charge is 0.480 e. The lowest BCUT2D eigenvalue weighted by Gasteiger charge is -2.43. The first-order chi connectivity index (χ1) is 10.4. The Labute approximate surface area is 133 Å². The van der Waals surface area contributed by atoms with Gasteiger partial charge in [0.2, 0.25) is 0 Å². The lowest BCUT2D eigenvalue weighted by Crippen LogP contribution is -2.57. The van der Waals surface area contributed by atoms with E-state index < -0.39 is 5.97 Å². The number of aliphatic carboxylic acids is 1. The van der Waals surface area contributed by atoms with Crippen LogP contribution in [0.4, 0.5) is 4.79 Å². The number of carbonyl (C=O) groups excluding carboxylic acids is 1. The molecule has 1 rings (SSSR count). The Morgan fingerprint density at radius 1 is 1.32 bits per heavy atom. The number of unbranched alkanes of at least 4 members (excludes halogenated alkanes) is 1. The van der Waals surface area contributed by atoms with Crippen LogP contribution >= 0.6 is 0 Å². The van der Waals surface area contributed by atoms with Crippen LogP contribution in [0.5, 0.6) is 0 Å². The van der Waals surface area contributed by atoms with Crippen molar-refractivity contribution in [2.75, 3.05) is 20.1 Å². The van der Waals surface area contributed by atoms with Gasteiger partial charge in [-0.25, -0.2) is 4.79 Å². The van der Waals surface area contributed by atoms with Gasteiger partial charge >= 0.3 is 12.0 Å². The molecule has 6 nitrogen and oxygen atoms in total. The molecule has 0 aromatic carbocycles. The van der Waals surface area contributed by atoms with Gasteiger partial charge < -0.3 is 15.3 Å². The molecule has 2 N–H and O–H groups in total. The second kappa shape index (κ2) is 8.98. The number of urea groups is 1. The minimum absolute atomic E-state index is 0.0201. The Kier molecular flexibility index (Phi) is 7.65. The average Bonchev–Trinajstić information content (AvgIpc) is 2.44. The molecule has 22 heavy (non-hydrogen) atoms. The van der Waals surface area contributed by atoms with Gasteiger partial charge in [0.05, 0.1) is 6.54 Å². The third-order valence-electron chi connectivity index (χ3n) is 4.66. The van der Waals surface area contributed by atoms with Gasteiger partial charge in [-0.2, -0.15) is 0 Å². The van der Waals surface area contributed by atoms with Crippen LogP contribution in [-0.4, -0.2) is 65.2 Å². The lowest BCUT2D eigenvalue weighted by atomic mass is 9.85. The number of rotatable bonds is 9. The van der Waals surface area contributed by atoms with Crippen molar-refractivity contribution in [1.82, 2.24) is 15.1 Å². The van der Waals surface area contributed by atoms with Gasteiger partial charge in [-0.1, -0.05) is 26.7 Å². The highest BCUT2D eigenvalue weighted by atomic mass is 16.4. The number of nitrogens with one attached hydrogen (secondary N) is 1. The van der Waals surface area contributed by atoms with Crippen molar-refractivity contribution in [1.29, 1.82) is 0 Å². The van der Waals surface area contributed by atoms with Crippen molar-refractivity contribution < 1.29 is 14.7 Å². The summed E-state index contributed by atoms with van der Waals surface area (Å²) in [5, 5.41) is 11.9. The van der Waals surface area contributed by atoms with Crippen LogP contribution in [0.2, 0.25) is 0 Å². The fourth-order valence-corrected chi connectivity index (χ4v) is 2.85. The molecule has 1 atom stereocenters. The van der Waals surface area contributed by atoms with Crippen LogP contribution in [0.25, 0.3) is 0 Å². The molecule has 1 unspecified atom stereocenters. The summed E-state index contributed by atoms with van der Waals surface area (Å²) >= 11 is 0. The van der Waals surface area contributed by atoms with Crippen molar-refractivity contribution in [2.45, 2.75) is 71.0 Å². The molecule has 1 fully saturated rings. The van der Waals surface area contributed by atoms with Crippen LogP contribution in [0.1, 0.15) is 52.9 Å². The molecule has 0 saturated heterocycles. The topological polar surface area (TPSA) is 72.9 Å². The number of carboxylic acid groups (broad SMARTS) is 1. The summed E-state index contributed by atoms with van der Waals surface area (Å²) in [4.78, 5) is 26.7. The van der Waals surface area contributed by atoms with E-state index in [2.05, 4.69) is 19.2 Å². The standard InChI is InChI=1S/C16H31N3O3/c1-5-7-8-12(3)18(4)16(22)17-13-9-14(10-13)19(6-2)11-15(20)21/h12-14H,5-11H2,1-4H3,(H,17,22)(H,20,21). The smallest absolute Gasteiger partial charge is 0.317 e. The van der Waals surface area contributed by atoms with Crippen LogP contribution in [0.3, 0.4) is 0 Å². The summed E-state index contributed by atoms with van der Waals surface area (Å²) in [5.41, 5.74) is 0. The minimum atomic E-state index is -0.793. The zero-order chi connectivity index (χ0) is 16.7. The Morgan fingerprint density at radius 3 is 2.45 bits per heavy atom. The van der Waals surface area contributed by atoms with E-state index in [1.54, 1.807) is 4.90 Å². The zero-order valence-electron chi connectivity index (χ0n) is 14.3. The summed E-state index contributed by atoms with van der Waals surface area (Å²) < 4.78 is 0. The van der Waals surface area contributed by atoms with Crippen LogP contribution in [0.15, 0.2) is 0 Å². The van der Waals surface area contributed by atoms with Crippen LogP contribution < -0.4 is 5.32 Å². The Balaban J connectivity index is 2.32. The molecule has 0 aliphatic heterocycles. The highest BCUT2D eigenvalue weighted by Crippen LogP contribution is 2.25. The SMILES string of the molecule is CCCCC(C)N(C)C(=O)NC1CC(N(CC)CC(=O)O)C1. The molecule has 1 saturated carbocycles. The first kappa shape index (κ1) is 18.7. The summed E-state index contributed by atoms with van der Waals surface area (Å²) in [6.45, 7) is 7.00. The van der Waals surface area contributed by atoms with Crippen LogP contribution in [0, 0.1) is 0 Å². The maximum atomic E-state index is 12.2. The van der Waals surface area contributed by atoms with Crippen molar-refractivity contribution in [3.05, 3.63) is 0 Å². The van der Waals surface area contributed by atoms with E-state index in [0.29, 0.717) is 0 Å². The van der Waals surface area contributed by atoms with Crippen molar-refractivity contribution in [3.63, 3.8) is 0 Å². The summed E-state index contributed by atoms with van der Waals surface area (Å²) in [7, 11) is 1.84. The number of carbonyl (C=O) groups is 2. The molecule has 0 aromatic heterocycles. The number of hydrogen-bond donors (Lipinski definition) is 2. The van der Waals surface area contributed by atoms with E-state index in [-0.39, 0.29) is 30.7 Å². The number of carboxylic acids is 1. The Bertz CT molecular complexity index is 370. The average molecular weight is 313 g/mol. The number of amides is 2. The lowest BCUT2D eigenvalue weighted by molar-refractivity contribution is -0.139. The molecule has 1 aliphatic carbocycles. The van der Waals surface area contributed by atoms with Crippen molar-refractivity contribution in [2.24, 2.45) is 0 Å². The molecule has 0 heterocycles. The number of nitrogens with zero attached hydrogens (tertiary/aromatic N) is 2. The van der Waals surface area contributed by atoms with Gasteiger partial charge in [0, 0.05) is 25.2 Å². The fourth-order valence-electron chi connectivity index (χ4n) is 2.85. The second-order valence-electron chi connectivity index (χ2n) is 6.33. The van der Waals surface area contributed by atoms with Crippen molar-refractivity contribution in [3.8, 4) is 0 Å².